The highest BCUT2D eigenvalue weighted by Gasteiger charge is 2.26. The van der Waals surface area contributed by atoms with Crippen molar-refractivity contribution in [1.29, 1.82) is 0 Å². The monoisotopic (exact) mass is 423 g/mol. The summed E-state index contributed by atoms with van der Waals surface area (Å²) in [4.78, 5) is 16.4. The van der Waals surface area contributed by atoms with E-state index in [1.807, 2.05) is 18.2 Å². The van der Waals surface area contributed by atoms with Gasteiger partial charge in [-0.2, -0.15) is 0 Å². The zero-order valence-corrected chi connectivity index (χ0v) is 17.5. The third-order valence-electron chi connectivity index (χ3n) is 4.86. The summed E-state index contributed by atoms with van der Waals surface area (Å²) in [6, 6.07) is 9.93. The molecule has 0 aliphatic heterocycles. The Morgan fingerprint density at radius 2 is 1.94 bits per heavy atom. The maximum Gasteiger partial charge on any atom is 0.242 e. The van der Waals surface area contributed by atoms with Gasteiger partial charge in [0, 0.05) is 5.92 Å². The molecule has 0 unspecified atom stereocenters. The van der Waals surface area contributed by atoms with E-state index in [4.69, 9.17) is 21.9 Å². The molecule has 1 aliphatic carbocycles. The van der Waals surface area contributed by atoms with E-state index >= 15 is 0 Å². The highest BCUT2D eigenvalue weighted by atomic mass is 16.5. The Labute approximate surface area is 181 Å². The summed E-state index contributed by atoms with van der Waals surface area (Å²) in [5, 5.41) is 11.1. The minimum atomic E-state index is -0.629. The van der Waals surface area contributed by atoms with E-state index in [0.29, 0.717) is 41.8 Å². The number of rotatable bonds is 11. The summed E-state index contributed by atoms with van der Waals surface area (Å²) < 4.78 is 5.85. The number of para-hydroxylation sites is 1. The molecule has 9 nitrogen and oxygen atoms in total. The summed E-state index contributed by atoms with van der Waals surface area (Å²) in [7, 11) is 0. The molecule has 1 aromatic carbocycles. The van der Waals surface area contributed by atoms with Crippen molar-refractivity contribution in [1.82, 2.24) is 4.98 Å². The van der Waals surface area contributed by atoms with Gasteiger partial charge in [-0.3, -0.25) is 4.79 Å². The van der Waals surface area contributed by atoms with Gasteiger partial charge in [-0.05, 0) is 56.5 Å². The molecule has 1 aromatic heterocycles. The molecule has 1 fully saturated rings. The van der Waals surface area contributed by atoms with Crippen LogP contribution in [0.15, 0.2) is 59.0 Å². The molecular formula is C22H29N7O2. The third kappa shape index (κ3) is 6.59. The van der Waals surface area contributed by atoms with Crippen LogP contribution in [0.4, 0.5) is 23.0 Å². The first kappa shape index (κ1) is 22.4. The van der Waals surface area contributed by atoms with E-state index in [9.17, 15) is 4.79 Å². The number of nitrogens with zero attached hydrogens (tertiary/aromatic N) is 3. The number of nitrogens with one attached hydrogen (secondary N) is 1. The molecule has 1 aliphatic rings. The molecule has 0 radical (unpaired) electrons. The van der Waals surface area contributed by atoms with E-state index in [2.05, 4.69) is 27.1 Å². The average Bonchev–Trinajstić information content (AvgIpc) is 3.60. The van der Waals surface area contributed by atoms with E-state index in [-0.39, 0.29) is 11.7 Å². The van der Waals surface area contributed by atoms with E-state index in [1.165, 1.54) is 0 Å². The molecule has 31 heavy (non-hydrogen) atoms. The molecule has 2 aromatic rings. The number of anilines is 2. The van der Waals surface area contributed by atoms with Crippen molar-refractivity contribution in [2.24, 2.45) is 27.6 Å². The highest BCUT2D eigenvalue weighted by molar-refractivity contribution is 5.94. The quantitative estimate of drug-likeness (QED) is 0.245. The van der Waals surface area contributed by atoms with Crippen molar-refractivity contribution >= 4 is 28.9 Å². The van der Waals surface area contributed by atoms with Crippen molar-refractivity contribution < 1.29 is 9.53 Å². The summed E-state index contributed by atoms with van der Waals surface area (Å²) in [6.45, 7) is 4.56. The smallest absolute Gasteiger partial charge is 0.242 e. The van der Waals surface area contributed by atoms with Crippen molar-refractivity contribution in [2.75, 3.05) is 17.6 Å². The van der Waals surface area contributed by atoms with Crippen LogP contribution < -0.4 is 27.3 Å². The van der Waals surface area contributed by atoms with Crippen LogP contribution in [0.3, 0.4) is 0 Å². The second-order valence-electron chi connectivity index (χ2n) is 7.49. The summed E-state index contributed by atoms with van der Waals surface area (Å²) in [5.74, 6) is 1.87. The van der Waals surface area contributed by atoms with Crippen LogP contribution >= 0.6 is 0 Å². The van der Waals surface area contributed by atoms with Gasteiger partial charge in [0.1, 0.15) is 23.0 Å². The molecule has 1 heterocycles. The number of hydrogen-bond acceptors (Lipinski definition) is 8. The first-order valence-corrected chi connectivity index (χ1v) is 10.4. The Morgan fingerprint density at radius 3 is 2.65 bits per heavy atom. The predicted octanol–water partition coefficient (Wildman–Crippen LogP) is 3.78. The first-order chi connectivity index (χ1) is 15.0. The normalized spacial score (nSPS) is 14.4. The van der Waals surface area contributed by atoms with Gasteiger partial charge in [0.15, 0.2) is 11.6 Å². The number of aromatic nitrogens is 1. The Bertz CT molecular complexity index is 957. The second-order valence-corrected chi connectivity index (χ2v) is 7.49. The molecule has 0 bridgehead atoms. The second kappa shape index (κ2) is 10.6. The van der Waals surface area contributed by atoms with Crippen LogP contribution in [0, 0.1) is 5.92 Å². The largest absolute Gasteiger partial charge is 0.460 e. The number of amides is 1. The zero-order chi connectivity index (χ0) is 22.2. The molecule has 1 amide bonds. The average molecular weight is 424 g/mol. The summed E-state index contributed by atoms with van der Waals surface area (Å²) in [6.07, 6.45) is 4.38. The minimum absolute atomic E-state index is 0.138. The molecule has 3 rings (SSSR count). The molecule has 0 saturated heterocycles. The molecule has 7 N–H and O–H groups in total. The fourth-order valence-electron chi connectivity index (χ4n) is 2.84. The molecule has 0 spiro atoms. The number of nitrogen functional groups attached to an aromatic ring is 1. The number of pyridine rings is 1. The van der Waals surface area contributed by atoms with Crippen molar-refractivity contribution in [3.05, 3.63) is 48.7 Å². The molecule has 1 saturated carbocycles. The van der Waals surface area contributed by atoms with Gasteiger partial charge in [0.05, 0.1) is 6.04 Å². The van der Waals surface area contributed by atoms with Gasteiger partial charge in [-0.1, -0.05) is 25.1 Å². The van der Waals surface area contributed by atoms with Crippen LogP contribution in [-0.4, -0.2) is 23.5 Å². The van der Waals surface area contributed by atoms with Crippen molar-refractivity contribution in [3.63, 3.8) is 0 Å². The fraction of sp³-hybridized carbons (Fsp3) is 0.364. The predicted molar refractivity (Wildman–Crippen MR) is 121 cm³/mol. The third-order valence-corrected chi connectivity index (χ3v) is 4.86. The van der Waals surface area contributed by atoms with E-state index in [0.717, 1.165) is 31.4 Å². The maximum absolute atomic E-state index is 12.2. The number of carbonyl (C=O) groups is 1. The summed E-state index contributed by atoms with van der Waals surface area (Å²) >= 11 is 0. The Balaban J connectivity index is 1.63. The highest BCUT2D eigenvalue weighted by Crippen LogP contribution is 2.39. The van der Waals surface area contributed by atoms with Crippen LogP contribution in [0.1, 0.15) is 32.1 Å². The Kier molecular flexibility index (Phi) is 7.69. The van der Waals surface area contributed by atoms with Crippen molar-refractivity contribution in [2.45, 2.75) is 38.1 Å². The number of nitrogens with two attached hydrogens (primary N) is 3. The number of ether oxygens (including phenoxy) is 1. The van der Waals surface area contributed by atoms with Gasteiger partial charge >= 0.3 is 0 Å². The lowest BCUT2D eigenvalue weighted by Crippen LogP contribution is -2.35. The van der Waals surface area contributed by atoms with Gasteiger partial charge in [0.25, 0.3) is 0 Å². The maximum atomic E-state index is 12.2. The number of hydrogen-bond donors (Lipinski definition) is 4. The lowest BCUT2D eigenvalue weighted by Gasteiger charge is -2.12. The minimum Gasteiger partial charge on any atom is -0.460 e. The van der Waals surface area contributed by atoms with Crippen LogP contribution in [-0.2, 0) is 4.79 Å². The Morgan fingerprint density at radius 1 is 1.19 bits per heavy atom. The number of unbranched alkanes of at least 4 members (excludes halogenated alkanes) is 1. The number of allylic oxidation sites excluding steroid dienone is 1. The SMILES string of the molecule is C=C(Oc1ccccc1/N=N/c1ccc(NC(=O)[C@@H](N)CCCCN)nc1N)C1CC1. The number of benzene rings is 1. The fourth-order valence-corrected chi connectivity index (χ4v) is 2.84. The van der Waals surface area contributed by atoms with Crippen LogP contribution in [0.2, 0.25) is 0 Å². The number of azo groups is 1. The molecule has 9 heteroatoms. The van der Waals surface area contributed by atoms with Crippen molar-refractivity contribution in [3.8, 4) is 5.75 Å². The zero-order valence-electron chi connectivity index (χ0n) is 17.5. The first-order valence-electron chi connectivity index (χ1n) is 10.4. The van der Waals surface area contributed by atoms with E-state index in [1.54, 1.807) is 18.2 Å². The van der Waals surface area contributed by atoms with Gasteiger partial charge in [-0.15, -0.1) is 10.2 Å². The lowest BCUT2D eigenvalue weighted by molar-refractivity contribution is -0.117. The van der Waals surface area contributed by atoms with E-state index < -0.39 is 6.04 Å². The van der Waals surface area contributed by atoms with Gasteiger partial charge < -0.3 is 27.3 Å². The van der Waals surface area contributed by atoms with Crippen LogP contribution in [0.5, 0.6) is 5.75 Å². The number of carbonyl (C=O) groups excluding carboxylic acids is 1. The Hall–Kier alpha value is -3.30. The molecule has 164 valence electrons. The molecule has 1 atom stereocenters. The molecular weight excluding hydrogens is 394 g/mol. The standard InChI is InChI=1S/C22H29N7O2/c1-14(15-9-10-15)31-19-8-3-2-7-17(19)28-29-18-11-12-20(26-21(18)25)27-22(30)16(24)6-4-5-13-23/h2-3,7-8,11-12,15-16H,1,4-6,9-10,13,23-24H2,(H3,25,26,27,30)/b29-28+/t16-/m0/s1. The van der Waals surface area contributed by atoms with Gasteiger partial charge in [0.2, 0.25) is 5.91 Å². The lowest BCUT2D eigenvalue weighted by atomic mass is 10.1. The summed E-state index contributed by atoms with van der Waals surface area (Å²) in [5.41, 5.74) is 18.3. The van der Waals surface area contributed by atoms with Gasteiger partial charge in [-0.25, -0.2) is 4.98 Å². The topological polar surface area (TPSA) is 154 Å². The van der Waals surface area contributed by atoms with Crippen LogP contribution in [0.25, 0.3) is 0 Å².